The minimum absolute atomic E-state index is 0.195. The van der Waals surface area contributed by atoms with Crippen LogP contribution in [0.5, 0.6) is 5.75 Å². The van der Waals surface area contributed by atoms with Crippen molar-refractivity contribution in [2.45, 2.75) is 83.7 Å². The topological polar surface area (TPSA) is 66.9 Å². The first-order valence-electron chi connectivity index (χ1n) is 14.2. The molecule has 3 heterocycles. The van der Waals surface area contributed by atoms with Gasteiger partial charge in [-0.25, -0.2) is 8.42 Å². The van der Waals surface area contributed by atoms with Crippen molar-refractivity contribution in [1.82, 2.24) is 9.21 Å². The molecule has 0 bridgehead atoms. The number of sulfonamides is 1. The maximum absolute atomic E-state index is 12.8. The SMILES string of the molecule is CCCS(=O)(=O)N1CC=C(c2ccc3c(c2)CC(C2CCN(C(=O)CC4CCCCC4)CC2)O3)CC1. The number of ether oxygens (including phenoxy) is 1. The number of benzene rings is 1. The molecule has 1 saturated heterocycles. The van der Waals surface area contributed by atoms with Crippen LogP contribution in [0.4, 0.5) is 0 Å². The van der Waals surface area contributed by atoms with Gasteiger partial charge in [0.05, 0.1) is 5.75 Å². The predicted octanol–water partition coefficient (Wildman–Crippen LogP) is 5.03. The normalized spacial score (nSPS) is 24.3. The van der Waals surface area contributed by atoms with Crippen molar-refractivity contribution in [2.24, 2.45) is 11.8 Å². The lowest BCUT2D eigenvalue weighted by Gasteiger charge is -2.35. The van der Waals surface area contributed by atoms with Gasteiger partial charge in [0.15, 0.2) is 0 Å². The molecular formula is C29H42N2O4S. The molecule has 1 aromatic carbocycles. The molecule has 6 nitrogen and oxygen atoms in total. The molecule has 0 N–H and O–H groups in total. The smallest absolute Gasteiger partial charge is 0.222 e. The molecule has 4 aliphatic rings. The second-order valence-corrected chi connectivity index (χ2v) is 13.4. The molecule has 3 aliphatic heterocycles. The minimum Gasteiger partial charge on any atom is -0.490 e. The maximum atomic E-state index is 12.8. The minimum atomic E-state index is -3.14. The van der Waals surface area contributed by atoms with Gasteiger partial charge < -0.3 is 9.64 Å². The van der Waals surface area contributed by atoms with Crippen LogP contribution in [0, 0.1) is 11.8 Å². The third-order valence-corrected chi connectivity index (χ3v) is 10.8. The summed E-state index contributed by atoms with van der Waals surface area (Å²) in [5, 5.41) is 0. The molecule has 1 amide bonds. The molecule has 36 heavy (non-hydrogen) atoms. The largest absolute Gasteiger partial charge is 0.490 e. The second kappa shape index (κ2) is 11.3. The van der Waals surface area contributed by atoms with Gasteiger partial charge in [0.25, 0.3) is 0 Å². The molecule has 1 unspecified atom stereocenters. The standard InChI is InChI=1S/C29H42N2O4S/c1-2-18-36(33,34)31-16-12-23(13-17-31)25-8-9-27-26(20-25)21-28(35-27)24-10-14-30(15-11-24)29(32)19-22-6-4-3-5-7-22/h8-9,12,20,22,24,28H,2-7,10-11,13-19,21H2,1H3. The van der Waals surface area contributed by atoms with E-state index >= 15 is 0 Å². The highest BCUT2D eigenvalue weighted by Gasteiger charge is 2.34. The van der Waals surface area contributed by atoms with Gasteiger partial charge in [0.2, 0.25) is 15.9 Å². The van der Waals surface area contributed by atoms with Crippen LogP contribution in [0.1, 0.15) is 82.3 Å². The lowest BCUT2D eigenvalue weighted by molar-refractivity contribution is -0.134. The van der Waals surface area contributed by atoms with Crippen molar-refractivity contribution in [3.8, 4) is 5.75 Å². The van der Waals surface area contributed by atoms with Crippen molar-refractivity contribution >= 4 is 21.5 Å². The zero-order chi connectivity index (χ0) is 25.1. The first-order valence-corrected chi connectivity index (χ1v) is 15.8. The number of amides is 1. The summed E-state index contributed by atoms with van der Waals surface area (Å²) in [5.41, 5.74) is 3.68. The molecule has 5 rings (SSSR count). The van der Waals surface area contributed by atoms with Crippen LogP contribution in [0.2, 0.25) is 0 Å². The fourth-order valence-electron chi connectivity index (χ4n) is 6.58. The number of fused-ring (bicyclic) bond motifs is 1. The molecular weight excluding hydrogens is 472 g/mol. The molecule has 1 saturated carbocycles. The van der Waals surface area contributed by atoms with Gasteiger partial charge in [-0.05, 0) is 79.2 Å². The molecule has 0 radical (unpaired) electrons. The lowest BCUT2D eigenvalue weighted by atomic mass is 9.85. The third-order valence-electron chi connectivity index (χ3n) is 8.76. The lowest BCUT2D eigenvalue weighted by Crippen LogP contribution is -2.42. The Morgan fingerprint density at radius 2 is 1.83 bits per heavy atom. The summed E-state index contributed by atoms with van der Waals surface area (Å²) < 4.78 is 32.7. The number of hydrogen-bond donors (Lipinski definition) is 0. The molecule has 1 atom stereocenters. The molecule has 198 valence electrons. The number of nitrogens with zero attached hydrogens (tertiary/aromatic N) is 2. The summed E-state index contributed by atoms with van der Waals surface area (Å²) in [7, 11) is -3.14. The molecule has 2 fully saturated rings. The van der Waals surface area contributed by atoms with Crippen LogP contribution >= 0.6 is 0 Å². The van der Waals surface area contributed by atoms with Crippen LogP contribution in [0.25, 0.3) is 5.57 Å². The Labute approximate surface area is 217 Å². The Morgan fingerprint density at radius 3 is 2.53 bits per heavy atom. The number of likely N-dealkylation sites (tertiary alicyclic amines) is 1. The average molecular weight is 515 g/mol. The molecule has 1 aliphatic carbocycles. The Hall–Kier alpha value is -1.86. The van der Waals surface area contributed by atoms with Gasteiger partial charge in [-0.2, -0.15) is 4.31 Å². The number of rotatable bonds is 7. The maximum Gasteiger partial charge on any atom is 0.222 e. The van der Waals surface area contributed by atoms with E-state index in [9.17, 15) is 13.2 Å². The summed E-state index contributed by atoms with van der Waals surface area (Å²) in [4.78, 5) is 14.9. The van der Waals surface area contributed by atoms with Crippen LogP contribution in [-0.4, -0.2) is 61.6 Å². The average Bonchev–Trinajstić information content (AvgIpc) is 3.33. The van der Waals surface area contributed by atoms with Crippen molar-refractivity contribution < 1.29 is 17.9 Å². The zero-order valence-electron chi connectivity index (χ0n) is 21.8. The third kappa shape index (κ3) is 5.83. The fourth-order valence-corrected chi connectivity index (χ4v) is 8.02. The van der Waals surface area contributed by atoms with E-state index in [4.69, 9.17) is 4.74 Å². The van der Waals surface area contributed by atoms with Crippen molar-refractivity contribution in [3.05, 3.63) is 35.4 Å². The highest BCUT2D eigenvalue weighted by atomic mass is 32.2. The summed E-state index contributed by atoms with van der Waals surface area (Å²) >= 11 is 0. The van der Waals surface area contributed by atoms with E-state index in [0.29, 0.717) is 37.3 Å². The summed E-state index contributed by atoms with van der Waals surface area (Å²) in [6, 6.07) is 6.46. The van der Waals surface area contributed by atoms with Gasteiger partial charge in [-0.15, -0.1) is 0 Å². The zero-order valence-corrected chi connectivity index (χ0v) is 22.6. The highest BCUT2D eigenvalue weighted by molar-refractivity contribution is 7.89. The van der Waals surface area contributed by atoms with Crippen molar-refractivity contribution in [3.63, 3.8) is 0 Å². The van der Waals surface area contributed by atoms with E-state index < -0.39 is 10.0 Å². The monoisotopic (exact) mass is 514 g/mol. The number of carbonyl (C=O) groups is 1. The Bertz CT molecular complexity index is 1070. The number of hydrogen-bond acceptors (Lipinski definition) is 4. The predicted molar refractivity (Wildman–Crippen MR) is 143 cm³/mol. The van der Waals surface area contributed by atoms with Gasteiger partial charge in [0.1, 0.15) is 11.9 Å². The van der Waals surface area contributed by atoms with E-state index in [1.165, 1.54) is 48.8 Å². The first-order chi connectivity index (χ1) is 17.4. The molecule has 7 heteroatoms. The Balaban J connectivity index is 1.13. The van der Waals surface area contributed by atoms with Gasteiger partial charge in [-0.1, -0.05) is 38.3 Å². The van der Waals surface area contributed by atoms with Crippen LogP contribution in [-0.2, 0) is 21.2 Å². The molecule has 1 aromatic rings. The Morgan fingerprint density at radius 1 is 1.06 bits per heavy atom. The highest BCUT2D eigenvalue weighted by Crippen LogP contribution is 2.38. The summed E-state index contributed by atoms with van der Waals surface area (Å²) in [5.74, 6) is 2.67. The van der Waals surface area contributed by atoms with E-state index in [2.05, 4.69) is 29.2 Å². The van der Waals surface area contributed by atoms with Crippen LogP contribution < -0.4 is 4.74 Å². The number of piperidine rings is 1. The molecule has 0 aromatic heterocycles. The first kappa shape index (κ1) is 25.8. The van der Waals surface area contributed by atoms with Gasteiger partial charge in [0, 0.05) is 39.0 Å². The summed E-state index contributed by atoms with van der Waals surface area (Å²) in [6.45, 7) is 4.65. The van der Waals surface area contributed by atoms with Crippen LogP contribution in [0.3, 0.4) is 0 Å². The summed E-state index contributed by atoms with van der Waals surface area (Å²) in [6.07, 6.45) is 13.8. The van der Waals surface area contributed by atoms with E-state index in [1.807, 2.05) is 6.92 Å². The molecule has 0 spiro atoms. The van der Waals surface area contributed by atoms with Gasteiger partial charge in [-0.3, -0.25) is 4.79 Å². The second-order valence-electron chi connectivity index (χ2n) is 11.3. The van der Waals surface area contributed by atoms with Crippen molar-refractivity contribution in [1.29, 1.82) is 0 Å². The number of carbonyl (C=O) groups excluding carboxylic acids is 1. The Kier molecular flexibility index (Phi) is 8.06. The quantitative estimate of drug-likeness (QED) is 0.512. The van der Waals surface area contributed by atoms with E-state index in [1.54, 1.807) is 4.31 Å². The van der Waals surface area contributed by atoms with Crippen LogP contribution in [0.15, 0.2) is 24.3 Å². The van der Waals surface area contributed by atoms with Gasteiger partial charge >= 0.3 is 0 Å². The van der Waals surface area contributed by atoms with Crippen molar-refractivity contribution in [2.75, 3.05) is 31.9 Å². The van der Waals surface area contributed by atoms with E-state index in [0.717, 1.165) is 50.9 Å². The fraction of sp³-hybridized carbons (Fsp3) is 0.690. The van der Waals surface area contributed by atoms with E-state index in [-0.39, 0.29) is 11.9 Å².